The quantitative estimate of drug-likeness (QED) is 0.805. The normalized spacial score (nSPS) is 10.8. The number of anilines is 1. The van der Waals surface area contributed by atoms with E-state index in [-0.39, 0.29) is 0 Å². The Morgan fingerprint density at radius 1 is 1.29 bits per heavy atom. The molecule has 90 valence electrons. The Kier molecular flexibility index (Phi) is 2.88. The van der Waals surface area contributed by atoms with Gasteiger partial charge in [-0.15, -0.1) is 0 Å². The highest BCUT2D eigenvalue weighted by Crippen LogP contribution is 2.26. The number of nitrogen functional groups attached to an aromatic ring is 1. The summed E-state index contributed by atoms with van der Waals surface area (Å²) in [6, 6.07) is 3.95. The van der Waals surface area contributed by atoms with E-state index in [1.165, 1.54) is 11.1 Å². The zero-order chi connectivity index (χ0) is 12.6. The first-order chi connectivity index (χ1) is 8.02. The summed E-state index contributed by atoms with van der Waals surface area (Å²) < 4.78 is 1.82. The zero-order valence-corrected chi connectivity index (χ0v) is 10.8. The van der Waals surface area contributed by atoms with E-state index >= 15 is 0 Å². The van der Waals surface area contributed by atoms with Gasteiger partial charge in [-0.3, -0.25) is 0 Å². The molecule has 0 amide bonds. The van der Waals surface area contributed by atoms with Crippen molar-refractivity contribution in [2.75, 3.05) is 5.73 Å². The maximum Gasteiger partial charge on any atom is 0.158 e. The van der Waals surface area contributed by atoms with Crippen LogP contribution in [0.5, 0.6) is 0 Å². The molecule has 0 atom stereocenters. The molecular formula is C13H18N4. The minimum Gasteiger partial charge on any atom is -0.399 e. The highest BCUT2D eigenvalue weighted by molar-refractivity contribution is 5.67. The van der Waals surface area contributed by atoms with Gasteiger partial charge in [0.05, 0.1) is 0 Å². The molecule has 4 heteroatoms. The van der Waals surface area contributed by atoms with Gasteiger partial charge in [-0.25, -0.2) is 9.67 Å². The number of nitrogens with two attached hydrogens (primary N) is 1. The summed E-state index contributed by atoms with van der Waals surface area (Å²) in [7, 11) is 1.92. The van der Waals surface area contributed by atoms with Crippen molar-refractivity contribution >= 4 is 5.69 Å². The summed E-state index contributed by atoms with van der Waals surface area (Å²) in [5.41, 5.74) is 10.1. The Hall–Kier alpha value is -1.84. The average Bonchev–Trinajstić information content (AvgIpc) is 2.65. The number of benzene rings is 1. The molecule has 17 heavy (non-hydrogen) atoms. The van der Waals surface area contributed by atoms with Crippen molar-refractivity contribution in [2.45, 2.75) is 27.2 Å². The number of hydrogen-bond donors (Lipinski definition) is 1. The summed E-state index contributed by atoms with van der Waals surface area (Å²) in [6.45, 7) is 6.20. The van der Waals surface area contributed by atoms with Crippen LogP contribution < -0.4 is 5.73 Å². The zero-order valence-electron chi connectivity index (χ0n) is 10.8. The molecule has 0 fully saturated rings. The van der Waals surface area contributed by atoms with Crippen LogP contribution in [0.4, 0.5) is 5.69 Å². The summed E-state index contributed by atoms with van der Waals surface area (Å²) in [4.78, 5) is 4.54. The predicted molar refractivity (Wildman–Crippen MR) is 69.7 cm³/mol. The third-order valence-corrected chi connectivity index (χ3v) is 3.05. The van der Waals surface area contributed by atoms with Crippen molar-refractivity contribution in [3.05, 3.63) is 29.1 Å². The van der Waals surface area contributed by atoms with E-state index in [1.807, 2.05) is 23.9 Å². The van der Waals surface area contributed by atoms with Gasteiger partial charge in [-0.2, -0.15) is 5.10 Å². The predicted octanol–water partition coefficient (Wildman–Crippen LogP) is 2.24. The SMILES string of the molecule is CCc1nc(-c2cc(N)cc(C)c2C)n(C)n1. The Morgan fingerprint density at radius 3 is 2.59 bits per heavy atom. The lowest BCUT2D eigenvalue weighted by Crippen LogP contribution is -1.99. The van der Waals surface area contributed by atoms with Crippen LogP contribution in [-0.4, -0.2) is 14.8 Å². The molecule has 0 saturated carbocycles. The second kappa shape index (κ2) is 4.20. The molecule has 1 aromatic heterocycles. The topological polar surface area (TPSA) is 56.7 Å². The molecule has 0 aliphatic heterocycles. The van der Waals surface area contributed by atoms with E-state index in [1.54, 1.807) is 0 Å². The molecular weight excluding hydrogens is 212 g/mol. The first-order valence-electron chi connectivity index (χ1n) is 5.80. The lowest BCUT2D eigenvalue weighted by molar-refractivity contribution is 0.752. The Labute approximate surface area is 101 Å². The van der Waals surface area contributed by atoms with E-state index in [4.69, 9.17) is 5.73 Å². The first-order valence-corrected chi connectivity index (χ1v) is 5.80. The van der Waals surface area contributed by atoms with Crippen LogP contribution in [0.1, 0.15) is 23.9 Å². The van der Waals surface area contributed by atoms with Crippen molar-refractivity contribution in [2.24, 2.45) is 7.05 Å². The van der Waals surface area contributed by atoms with E-state index in [0.717, 1.165) is 29.3 Å². The van der Waals surface area contributed by atoms with Crippen LogP contribution in [0, 0.1) is 13.8 Å². The maximum atomic E-state index is 5.90. The number of rotatable bonds is 2. The Bertz CT molecular complexity index is 555. The van der Waals surface area contributed by atoms with Gasteiger partial charge in [-0.05, 0) is 37.1 Å². The summed E-state index contributed by atoms with van der Waals surface area (Å²) in [5.74, 6) is 1.75. The van der Waals surface area contributed by atoms with Crippen LogP contribution in [0.15, 0.2) is 12.1 Å². The van der Waals surface area contributed by atoms with E-state index in [2.05, 4.69) is 30.9 Å². The highest BCUT2D eigenvalue weighted by Gasteiger charge is 2.12. The fourth-order valence-electron chi connectivity index (χ4n) is 1.94. The highest BCUT2D eigenvalue weighted by atomic mass is 15.3. The second-order valence-electron chi connectivity index (χ2n) is 4.34. The van der Waals surface area contributed by atoms with Gasteiger partial charge in [0, 0.05) is 24.7 Å². The smallest absolute Gasteiger partial charge is 0.158 e. The maximum absolute atomic E-state index is 5.90. The summed E-state index contributed by atoms with van der Waals surface area (Å²) >= 11 is 0. The summed E-state index contributed by atoms with van der Waals surface area (Å²) in [5, 5.41) is 4.37. The minimum atomic E-state index is 0.768. The van der Waals surface area contributed by atoms with Gasteiger partial charge in [0.25, 0.3) is 0 Å². The van der Waals surface area contributed by atoms with E-state index in [0.29, 0.717) is 0 Å². The van der Waals surface area contributed by atoms with Crippen molar-refractivity contribution in [3.63, 3.8) is 0 Å². The van der Waals surface area contributed by atoms with Gasteiger partial charge in [0.2, 0.25) is 0 Å². The lowest BCUT2D eigenvalue weighted by Gasteiger charge is -2.09. The minimum absolute atomic E-state index is 0.768. The largest absolute Gasteiger partial charge is 0.399 e. The van der Waals surface area contributed by atoms with Crippen molar-refractivity contribution in [3.8, 4) is 11.4 Å². The van der Waals surface area contributed by atoms with Gasteiger partial charge in [0.1, 0.15) is 0 Å². The lowest BCUT2D eigenvalue weighted by atomic mass is 10.0. The van der Waals surface area contributed by atoms with Gasteiger partial charge in [-0.1, -0.05) is 6.92 Å². The van der Waals surface area contributed by atoms with E-state index in [9.17, 15) is 0 Å². The molecule has 0 saturated heterocycles. The number of nitrogens with zero attached hydrogens (tertiary/aromatic N) is 3. The third-order valence-electron chi connectivity index (χ3n) is 3.05. The Morgan fingerprint density at radius 2 is 2.00 bits per heavy atom. The number of hydrogen-bond acceptors (Lipinski definition) is 3. The van der Waals surface area contributed by atoms with Crippen molar-refractivity contribution in [1.82, 2.24) is 14.8 Å². The monoisotopic (exact) mass is 230 g/mol. The molecule has 0 bridgehead atoms. The number of aryl methyl sites for hydroxylation is 3. The molecule has 0 unspecified atom stereocenters. The fraction of sp³-hybridized carbons (Fsp3) is 0.385. The van der Waals surface area contributed by atoms with Crippen molar-refractivity contribution < 1.29 is 0 Å². The molecule has 0 aliphatic rings. The fourth-order valence-corrected chi connectivity index (χ4v) is 1.94. The molecule has 0 aliphatic carbocycles. The average molecular weight is 230 g/mol. The Balaban J connectivity index is 2.63. The molecule has 0 radical (unpaired) electrons. The first kappa shape index (κ1) is 11.6. The van der Waals surface area contributed by atoms with Crippen LogP contribution in [0.3, 0.4) is 0 Å². The van der Waals surface area contributed by atoms with Gasteiger partial charge < -0.3 is 5.73 Å². The molecule has 1 aromatic carbocycles. The molecule has 2 aromatic rings. The van der Waals surface area contributed by atoms with Crippen LogP contribution >= 0.6 is 0 Å². The van der Waals surface area contributed by atoms with Gasteiger partial charge in [0.15, 0.2) is 11.6 Å². The van der Waals surface area contributed by atoms with Crippen LogP contribution in [0.25, 0.3) is 11.4 Å². The van der Waals surface area contributed by atoms with Crippen molar-refractivity contribution in [1.29, 1.82) is 0 Å². The molecule has 0 spiro atoms. The van der Waals surface area contributed by atoms with Gasteiger partial charge >= 0.3 is 0 Å². The number of aromatic nitrogens is 3. The third kappa shape index (κ3) is 2.02. The standard InChI is InChI=1S/C13H18N4/c1-5-12-15-13(17(4)16-12)11-7-10(14)6-8(2)9(11)3/h6-7H,5,14H2,1-4H3. The molecule has 1 heterocycles. The molecule has 2 N–H and O–H groups in total. The molecule has 2 rings (SSSR count). The summed E-state index contributed by atoms with van der Waals surface area (Å²) in [6.07, 6.45) is 0.841. The van der Waals surface area contributed by atoms with Crippen LogP contribution in [0.2, 0.25) is 0 Å². The molecule has 4 nitrogen and oxygen atoms in total. The van der Waals surface area contributed by atoms with Crippen LogP contribution in [-0.2, 0) is 13.5 Å². The second-order valence-corrected chi connectivity index (χ2v) is 4.34. The van der Waals surface area contributed by atoms with E-state index < -0.39 is 0 Å².